The highest BCUT2D eigenvalue weighted by Gasteiger charge is 2.17. The van der Waals surface area contributed by atoms with Crippen LogP contribution in [0.15, 0.2) is 16.4 Å². The van der Waals surface area contributed by atoms with Crippen LogP contribution in [0.3, 0.4) is 0 Å². The lowest BCUT2D eigenvalue weighted by atomic mass is 10.3. The van der Waals surface area contributed by atoms with Gasteiger partial charge in [-0.3, -0.25) is 0 Å². The summed E-state index contributed by atoms with van der Waals surface area (Å²) in [5.74, 6) is 0.578. The van der Waals surface area contributed by atoms with Crippen molar-refractivity contribution in [2.45, 2.75) is 0 Å². The van der Waals surface area contributed by atoms with Gasteiger partial charge >= 0.3 is 5.97 Å². The first-order valence-corrected chi connectivity index (χ1v) is 6.56. The predicted molar refractivity (Wildman–Crippen MR) is 84.3 cm³/mol. The third kappa shape index (κ3) is 3.17. The molecular formula is C12H17N9O2. The average Bonchev–Trinajstić information content (AvgIpc) is 2.92. The van der Waals surface area contributed by atoms with Crippen LogP contribution in [0.25, 0.3) is 0 Å². The number of nitrogens with two attached hydrogens (primary N) is 1. The van der Waals surface area contributed by atoms with E-state index in [2.05, 4.69) is 40.7 Å². The molecule has 4 N–H and O–H groups in total. The summed E-state index contributed by atoms with van der Waals surface area (Å²) >= 11 is 0. The Labute approximate surface area is 132 Å². The number of hydrogen-bond donors (Lipinski definition) is 3. The lowest BCUT2D eigenvalue weighted by Crippen LogP contribution is -2.04. The molecule has 0 unspecified atom stereocenters. The molecule has 0 saturated carbocycles. The second-order valence-electron chi connectivity index (χ2n) is 4.32. The Hall–Kier alpha value is -3.24. The molecule has 0 aliphatic carbocycles. The molecular weight excluding hydrogens is 302 g/mol. The van der Waals surface area contributed by atoms with Crippen LogP contribution in [0.2, 0.25) is 0 Å². The summed E-state index contributed by atoms with van der Waals surface area (Å²) in [6.45, 7) is 0. The minimum absolute atomic E-state index is 0.0911. The summed E-state index contributed by atoms with van der Waals surface area (Å²) in [6.07, 6.45) is 1.36. The van der Waals surface area contributed by atoms with E-state index in [0.29, 0.717) is 17.3 Å². The van der Waals surface area contributed by atoms with Crippen molar-refractivity contribution in [3.05, 3.63) is 11.8 Å². The fourth-order valence-corrected chi connectivity index (χ4v) is 1.82. The number of carbonyl (C=O) groups excluding carboxylic acids is 1. The standard InChI is InChI=1S/C12H17N9O2/c1-14-8-7(9(15-2)18-12(13)17-8)19-20-10-6(11(22)23-4)5-16-21(10)3/h5H,1-4H3,(H4,13,14,15,17,18). The zero-order valence-corrected chi connectivity index (χ0v) is 13.2. The number of nitrogens with one attached hydrogen (secondary N) is 2. The Morgan fingerprint density at radius 1 is 1.26 bits per heavy atom. The molecule has 0 aliphatic rings. The van der Waals surface area contributed by atoms with Crippen molar-refractivity contribution in [1.29, 1.82) is 0 Å². The van der Waals surface area contributed by atoms with Crippen molar-refractivity contribution in [3.8, 4) is 0 Å². The van der Waals surface area contributed by atoms with Gasteiger partial charge in [0.05, 0.1) is 13.3 Å². The van der Waals surface area contributed by atoms with Crippen molar-refractivity contribution in [1.82, 2.24) is 19.7 Å². The summed E-state index contributed by atoms with van der Waals surface area (Å²) < 4.78 is 6.10. The van der Waals surface area contributed by atoms with Crippen LogP contribution >= 0.6 is 0 Å². The first-order valence-electron chi connectivity index (χ1n) is 6.56. The molecule has 0 spiro atoms. The average molecular weight is 319 g/mol. The number of methoxy groups -OCH3 is 1. The number of carbonyl (C=O) groups is 1. The number of esters is 1. The van der Waals surface area contributed by atoms with Gasteiger partial charge in [0, 0.05) is 21.1 Å². The number of aryl methyl sites for hydroxylation is 1. The van der Waals surface area contributed by atoms with Gasteiger partial charge in [0.15, 0.2) is 23.1 Å². The van der Waals surface area contributed by atoms with Gasteiger partial charge < -0.3 is 21.1 Å². The van der Waals surface area contributed by atoms with Crippen molar-refractivity contribution in [2.75, 3.05) is 37.6 Å². The molecule has 0 aromatic carbocycles. The van der Waals surface area contributed by atoms with Crippen LogP contribution in [-0.4, -0.2) is 46.9 Å². The van der Waals surface area contributed by atoms with E-state index in [1.807, 2.05) is 0 Å². The van der Waals surface area contributed by atoms with Crippen LogP contribution in [0, 0.1) is 0 Å². The number of nitrogen functional groups attached to an aromatic ring is 1. The zero-order valence-electron chi connectivity index (χ0n) is 13.2. The molecule has 0 fully saturated rings. The van der Waals surface area contributed by atoms with Crippen molar-refractivity contribution >= 4 is 35.1 Å². The topological polar surface area (TPSA) is 145 Å². The number of azo groups is 1. The van der Waals surface area contributed by atoms with E-state index in [-0.39, 0.29) is 17.3 Å². The molecule has 2 heterocycles. The second kappa shape index (κ2) is 6.68. The summed E-state index contributed by atoms with van der Waals surface area (Å²) in [4.78, 5) is 19.8. The fraction of sp³-hybridized carbons (Fsp3) is 0.333. The molecule has 2 aromatic heterocycles. The van der Waals surface area contributed by atoms with Crippen LogP contribution in [0.1, 0.15) is 10.4 Å². The largest absolute Gasteiger partial charge is 0.465 e. The molecule has 122 valence electrons. The molecule has 11 heteroatoms. The fourth-order valence-electron chi connectivity index (χ4n) is 1.82. The first kappa shape index (κ1) is 16.1. The maximum Gasteiger partial charge on any atom is 0.343 e. The van der Waals surface area contributed by atoms with Gasteiger partial charge in [0.1, 0.15) is 5.56 Å². The maximum absolute atomic E-state index is 11.7. The maximum atomic E-state index is 11.7. The normalized spacial score (nSPS) is 10.8. The van der Waals surface area contributed by atoms with Crippen LogP contribution in [0.5, 0.6) is 0 Å². The molecule has 0 atom stereocenters. The lowest BCUT2D eigenvalue weighted by Gasteiger charge is -2.08. The quantitative estimate of drug-likeness (QED) is 0.548. The Balaban J connectivity index is 2.49. The molecule has 0 radical (unpaired) electrons. The van der Waals surface area contributed by atoms with Crippen molar-refractivity contribution in [3.63, 3.8) is 0 Å². The molecule has 2 rings (SSSR count). The van der Waals surface area contributed by atoms with Gasteiger partial charge in [0.25, 0.3) is 0 Å². The van der Waals surface area contributed by atoms with E-state index >= 15 is 0 Å². The molecule has 0 saturated heterocycles. The number of rotatable bonds is 5. The van der Waals surface area contributed by atoms with Crippen molar-refractivity contribution in [2.24, 2.45) is 17.3 Å². The number of nitrogens with zero attached hydrogens (tertiary/aromatic N) is 6. The van der Waals surface area contributed by atoms with Gasteiger partial charge in [-0.15, -0.1) is 10.2 Å². The number of hydrogen-bond acceptors (Lipinski definition) is 10. The minimum atomic E-state index is -0.553. The molecule has 23 heavy (non-hydrogen) atoms. The highest BCUT2D eigenvalue weighted by molar-refractivity contribution is 5.93. The number of aromatic nitrogens is 4. The van der Waals surface area contributed by atoms with E-state index in [4.69, 9.17) is 5.73 Å². The molecule has 0 aliphatic heterocycles. The van der Waals surface area contributed by atoms with E-state index < -0.39 is 5.97 Å². The monoisotopic (exact) mass is 319 g/mol. The van der Waals surface area contributed by atoms with Gasteiger partial charge in [-0.25, -0.2) is 9.48 Å². The Kier molecular flexibility index (Phi) is 4.69. The van der Waals surface area contributed by atoms with Crippen LogP contribution in [0.4, 0.5) is 29.1 Å². The second-order valence-corrected chi connectivity index (χ2v) is 4.32. The van der Waals surface area contributed by atoms with Crippen molar-refractivity contribution < 1.29 is 9.53 Å². The predicted octanol–water partition coefficient (Wildman–Crippen LogP) is 1.08. The van der Waals surface area contributed by atoms with Gasteiger partial charge in [-0.1, -0.05) is 0 Å². The third-order valence-electron chi connectivity index (χ3n) is 2.93. The summed E-state index contributed by atoms with van der Waals surface area (Å²) in [6, 6.07) is 0. The molecule has 0 amide bonds. The Bertz CT molecular complexity index is 728. The number of ether oxygens (including phenoxy) is 1. The number of anilines is 3. The van der Waals surface area contributed by atoms with E-state index in [1.165, 1.54) is 18.0 Å². The third-order valence-corrected chi connectivity index (χ3v) is 2.93. The highest BCUT2D eigenvalue weighted by atomic mass is 16.5. The minimum Gasteiger partial charge on any atom is -0.465 e. The summed E-state index contributed by atoms with van der Waals surface area (Å²) in [5.41, 5.74) is 6.18. The van der Waals surface area contributed by atoms with E-state index in [0.717, 1.165) is 0 Å². The summed E-state index contributed by atoms with van der Waals surface area (Å²) in [7, 11) is 6.26. The Morgan fingerprint density at radius 3 is 2.39 bits per heavy atom. The van der Waals surface area contributed by atoms with Crippen LogP contribution in [-0.2, 0) is 11.8 Å². The molecule has 0 bridgehead atoms. The smallest absolute Gasteiger partial charge is 0.343 e. The SMILES string of the molecule is CNc1nc(N)nc(NC)c1N=Nc1c(C(=O)OC)cnn1C. The van der Waals surface area contributed by atoms with E-state index in [9.17, 15) is 4.79 Å². The van der Waals surface area contributed by atoms with Gasteiger partial charge in [-0.05, 0) is 0 Å². The molecule has 11 nitrogen and oxygen atoms in total. The van der Waals surface area contributed by atoms with E-state index in [1.54, 1.807) is 21.1 Å². The Morgan fingerprint density at radius 2 is 1.87 bits per heavy atom. The van der Waals surface area contributed by atoms with Gasteiger partial charge in [0.2, 0.25) is 5.95 Å². The molecule has 2 aromatic rings. The lowest BCUT2D eigenvalue weighted by molar-refractivity contribution is 0.0601. The zero-order chi connectivity index (χ0) is 17.0. The summed E-state index contributed by atoms with van der Waals surface area (Å²) in [5, 5.41) is 17.9. The highest BCUT2D eigenvalue weighted by Crippen LogP contribution is 2.33. The first-order chi connectivity index (χ1) is 11.0. The van der Waals surface area contributed by atoms with Gasteiger partial charge in [-0.2, -0.15) is 15.1 Å². The van der Waals surface area contributed by atoms with Crippen LogP contribution < -0.4 is 16.4 Å².